The van der Waals surface area contributed by atoms with Crippen LogP contribution in [0.2, 0.25) is 0 Å². The molecule has 0 aromatic carbocycles. The van der Waals surface area contributed by atoms with Gasteiger partial charge in [0.25, 0.3) is 0 Å². The van der Waals surface area contributed by atoms with E-state index in [4.69, 9.17) is 0 Å². The Balaban J connectivity index is 1.75. The van der Waals surface area contributed by atoms with Crippen molar-refractivity contribution in [3.8, 4) is 0 Å². The lowest BCUT2D eigenvalue weighted by molar-refractivity contribution is 0.500. The van der Waals surface area contributed by atoms with Crippen LogP contribution in [0, 0.1) is 0 Å². The summed E-state index contributed by atoms with van der Waals surface area (Å²) in [4.78, 5) is 0.910. The summed E-state index contributed by atoms with van der Waals surface area (Å²) in [7, 11) is 0. The summed E-state index contributed by atoms with van der Waals surface area (Å²) < 4.78 is 1.78. The second-order valence-electron chi connectivity index (χ2n) is 4.39. The molecule has 0 saturated carbocycles. The van der Waals surface area contributed by atoms with E-state index in [1.165, 1.54) is 24.3 Å². The molecule has 78 valence electrons. The van der Waals surface area contributed by atoms with Crippen molar-refractivity contribution in [1.29, 1.82) is 0 Å². The lowest BCUT2D eigenvalue weighted by Gasteiger charge is -2.16. The van der Waals surface area contributed by atoms with E-state index in [1.807, 2.05) is 0 Å². The first kappa shape index (κ1) is 8.18. The molecule has 0 aliphatic carbocycles. The summed E-state index contributed by atoms with van der Waals surface area (Å²) in [5, 5.41) is 17.2. The number of nitrogens with zero attached hydrogens (tertiary/aromatic N) is 4. The third-order valence-corrected chi connectivity index (χ3v) is 4.56. The molecule has 3 atom stereocenters. The van der Waals surface area contributed by atoms with Crippen molar-refractivity contribution in [1.82, 2.24) is 25.1 Å². The first-order valence-electron chi connectivity index (χ1n) is 5.33. The predicted molar refractivity (Wildman–Crippen MR) is 56.0 cm³/mol. The standard InChI is InChI=1S/C9H11N5S/c1-2-7-6(3-5(1)11-7)8-13-14-4-10-12-9(14)15-8/h4-7,11H,1-3H2. The highest BCUT2D eigenvalue weighted by molar-refractivity contribution is 7.16. The Morgan fingerprint density at radius 1 is 1.47 bits per heavy atom. The summed E-state index contributed by atoms with van der Waals surface area (Å²) in [5.41, 5.74) is 0. The minimum atomic E-state index is 0.607. The fraction of sp³-hybridized carbons (Fsp3) is 0.667. The molecule has 0 radical (unpaired) electrons. The molecule has 2 aromatic rings. The quantitative estimate of drug-likeness (QED) is 0.773. The van der Waals surface area contributed by atoms with Gasteiger partial charge in [-0.2, -0.15) is 9.61 Å². The van der Waals surface area contributed by atoms with Crippen molar-refractivity contribution in [2.45, 2.75) is 37.3 Å². The van der Waals surface area contributed by atoms with Crippen molar-refractivity contribution in [3.63, 3.8) is 0 Å². The lowest BCUT2D eigenvalue weighted by Crippen LogP contribution is -2.21. The third-order valence-electron chi connectivity index (χ3n) is 3.52. The second kappa shape index (κ2) is 2.76. The highest BCUT2D eigenvalue weighted by atomic mass is 32.1. The molecule has 3 unspecified atom stereocenters. The van der Waals surface area contributed by atoms with Gasteiger partial charge in [0.05, 0.1) is 0 Å². The molecule has 15 heavy (non-hydrogen) atoms. The Morgan fingerprint density at radius 3 is 3.20 bits per heavy atom. The van der Waals surface area contributed by atoms with E-state index in [0.29, 0.717) is 12.0 Å². The molecule has 4 rings (SSSR count). The average Bonchev–Trinajstić information content (AvgIpc) is 2.96. The van der Waals surface area contributed by atoms with Crippen LogP contribution in [-0.2, 0) is 0 Å². The highest BCUT2D eigenvalue weighted by Gasteiger charge is 2.41. The van der Waals surface area contributed by atoms with Gasteiger partial charge in [0.15, 0.2) is 0 Å². The fourth-order valence-corrected chi connectivity index (χ4v) is 3.82. The van der Waals surface area contributed by atoms with Gasteiger partial charge < -0.3 is 5.32 Å². The molecular weight excluding hydrogens is 210 g/mol. The molecule has 2 bridgehead atoms. The molecule has 0 spiro atoms. The Labute approximate surface area is 90.5 Å². The van der Waals surface area contributed by atoms with Gasteiger partial charge in [0.2, 0.25) is 4.96 Å². The molecule has 2 aromatic heterocycles. The second-order valence-corrected chi connectivity index (χ2v) is 5.38. The summed E-state index contributed by atoms with van der Waals surface area (Å²) in [6.07, 6.45) is 5.56. The van der Waals surface area contributed by atoms with Crippen molar-refractivity contribution in [3.05, 3.63) is 11.3 Å². The molecule has 2 aliphatic rings. The molecule has 0 amide bonds. The van der Waals surface area contributed by atoms with E-state index in [-0.39, 0.29) is 0 Å². The third kappa shape index (κ3) is 1.09. The molecule has 1 N–H and O–H groups in total. The normalized spacial score (nSPS) is 34.3. The lowest BCUT2D eigenvalue weighted by atomic mass is 9.90. The largest absolute Gasteiger partial charge is 0.311 e. The smallest absolute Gasteiger partial charge is 0.234 e. The topological polar surface area (TPSA) is 55.1 Å². The highest BCUT2D eigenvalue weighted by Crippen LogP contribution is 2.40. The van der Waals surface area contributed by atoms with Crippen LogP contribution in [0.5, 0.6) is 0 Å². The van der Waals surface area contributed by atoms with E-state index < -0.39 is 0 Å². The van der Waals surface area contributed by atoms with Crippen molar-refractivity contribution < 1.29 is 0 Å². The maximum Gasteiger partial charge on any atom is 0.234 e. The Bertz CT molecular complexity index is 475. The number of rotatable bonds is 1. The van der Waals surface area contributed by atoms with Gasteiger partial charge in [0, 0.05) is 18.0 Å². The summed E-state index contributed by atoms with van der Waals surface area (Å²) >= 11 is 1.68. The molecule has 5 nitrogen and oxygen atoms in total. The van der Waals surface area contributed by atoms with E-state index in [9.17, 15) is 0 Å². The van der Waals surface area contributed by atoms with Gasteiger partial charge in [-0.1, -0.05) is 11.3 Å². The van der Waals surface area contributed by atoms with Crippen LogP contribution < -0.4 is 5.32 Å². The Kier molecular flexibility index (Phi) is 1.51. The van der Waals surface area contributed by atoms with E-state index in [0.717, 1.165) is 11.0 Å². The van der Waals surface area contributed by atoms with Crippen molar-refractivity contribution in [2.24, 2.45) is 0 Å². The zero-order valence-electron chi connectivity index (χ0n) is 8.13. The molecule has 2 fully saturated rings. The fourth-order valence-electron chi connectivity index (χ4n) is 2.82. The van der Waals surface area contributed by atoms with Gasteiger partial charge in [0.1, 0.15) is 11.3 Å². The minimum Gasteiger partial charge on any atom is -0.311 e. The van der Waals surface area contributed by atoms with E-state index in [1.54, 1.807) is 22.2 Å². The molecular formula is C9H11N5S. The van der Waals surface area contributed by atoms with Crippen molar-refractivity contribution in [2.75, 3.05) is 0 Å². The zero-order valence-corrected chi connectivity index (χ0v) is 8.94. The number of fused-ring (bicyclic) bond motifs is 3. The number of nitrogens with one attached hydrogen (secondary N) is 1. The maximum absolute atomic E-state index is 4.54. The first-order valence-corrected chi connectivity index (χ1v) is 6.14. The summed E-state index contributed by atoms with van der Waals surface area (Å²) in [6.45, 7) is 0. The van der Waals surface area contributed by atoms with Crippen LogP contribution in [0.4, 0.5) is 0 Å². The van der Waals surface area contributed by atoms with E-state index in [2.05, 4.69) is 20.6 Å². The molecule has 2 saturated heterocycles. The minimum absolute atomic E-state index is 0.607. The number of hydrogen-bond acceptors (Lipinski definition) is 5. The number of hydrogen-bond donors (Lipinski definition) is 1. The van der Waals surface area contributed by atoms with E-state index >= 15 is 0 Å². The Morgan fingerprint density at radius 2 is 2.47 bits per heavy atom. The molecule has 4 heterocycles. The van der Waals surface area contributed by atoms with Crippen LogP contribution in [0.3, 0.4) is 0 Å². The predicted octanol–water partition coefficient (Wildman–Crippen LogP) is 0.794. The molecule has 2 aliphatic heterocycles. The van der Waals surface area contributed by atoms with Gasteiger partial charge in [-0.25, -0.2) is 0 Å². The monoisotopic (exact) mass is 221 g/mol. The zero-order chi connectivity index (χ0) is 9.83. The molecule has 6 heteroatoms. The van der Waals surface area contributed by atoms with Crippen LogP contribution in [-0.4, -0.2) is 31.9 Å². The van der Waals surface area contributed by atoms with Gasteiger partial charge in [-0.3, -0.25) is 0 Å². The maximum atomic E-state index is 4.54. The first-order chi connectivity index (χ1) is 7.40. The summed E-state index contributed by atoms with van der Waals surface area (Å²) in [6, 6.07) is 1.38. The van der Waals surface area contributed by atoms with Crippen LogP contribution in [0.15, 0.2) is 6.33 Å². The number of aromatic nitrogens is 4. The Hall–Kier alpha value is -1.01. The van der Waals surface area contributed by atoms with Crippen molar-refractivity contribution >= 4 is 16.3 Å². The van der Waals surface area contributed by atoms with Crippen LogP contribution in [0.25, 0.3) is 4.96 Å². The van der Waals surface area contributed by atoms with Gasteiger partial charge >= 0.3 is 0 Å². The summed E-state index contributed by atoms with van der Waals surface area (Å²) in [5.74, 6) is 0.607. The van der Waals surface area contributed by atoms with Crippen LogP contribution in [0.1, 0.15) is 30.2 Å². The van der Waals surface area contributed by atoms with Gasteiger partial charge in [-0.05, 0) is 19.3 Å². The SMILES string of the molecule is c1nnc2sc(C3CC4CCC3N4)nn12. The van der Waals surface area contributed by atoms with Gasteiger partial charge in [-0.15, -0.1) is 10.2 Å². The average molecular weight is 221 g/mol. The van der Waals surface area contributed by atoms with Crippen LogP contribution >= 0.6 is 11.3 Å².